The molecule has 0 radical (unpaired) electrons. The van der Waals surface area contributed by atoms with Crippen LogP contribution in [-0.2, 0) is 30.8 Å². The van der Waals surface area contributed by atoms with Gasteiger partial charge in [-0.15, -0.1) is 0 Å². The normalized spacial score (nSPS) is 19.1. The predicted molar refractivity (Wildman–Crippen MR) is 98.9 cm³/mol. The van der Waals surface area contributed by atoms with Gasteiger partial charge in [-0.25, -0.2) is 13.2 Å². The number of nitrogens with zero attached hydrogens (tertiary/aromatic N) is 1. The van der Waals surface area contributed by atoms with E-state index in [1.54, 1.807) is 31.4 Å². The Balaban J connectivity index is 2.14. The van der Waals surface area contributed by atoms with Crippen molar-refractivity contribution in [2.24, 2.45) is 0 Å². The summed E-state index contributed by atoms with van der Waals surface area (Å²) in [6.07, 6.45) is 1.27. The second kappa shape index (κ2) is 9.16. The zero-order valence-electron chi connectivity index (χ0n) is 15.6. The third-order valence-corrected chi connectivity index (χ3v) is 5.61. The van der Waals surface area contributed by atoms with Gasteiger partial charge in [-0.3, -0.25) is 4.79 Å². The van der Waals surface area contributed by atoms with Crippen LogP contribution in [0.3, 0.4) is 0 Å². The van der Waals surface area contributed by atoms with Gasteiger partial charge < -0.3 is 20.1 Å². The molecule has 0 aromatic heterocycles. The summed E-state index contributed by atoms with van der Waals surface area (Å²) in [7, 11) is -0.755. The Morgan fingerprint density at radius 3 is 2.52 bits per heavy atom. The Kier molecular flexibility index (Phi) is 7.17. The van der Waals surface area contributed by atoms with Crippen molar-refractivity contribution in [2.45, 2.75) is 18.5 Å². The van der Waals surface area contributed by atoms with Crippen molar-refractivity contribution in [3.63, 3.8) is 0 Å². The molecule has 1 amide bonds. The number of carbonyl (C=O) groups excluding carboxylic acids is 2. The second-order valence-corrected chi connectivity index (χ2v) is 8.17. The highest BCUT2D eigenvalue weighted by Gasteiger charge is 2.36. The molecule has 1 saturated heterocycles. The van der Waals surface area contributed by atoms with Crippen LogP contribution in [0, 0.1) is 0 Å². The molecule has 1 fully saturated rings. The molecule has 150 valence electrons. The maximum absolute atomic E-state index is 12.7. The van der Waals surface area contributed by atoms with E-state index in [9.17, 15) is 18.0 Å². The van der Waals surface area contributed by atoms with Crippen LogP contribution >= 0.6 is 0 Å². The van der Waals surface area contributed by atoms with E-state index in [-0.39, 0.29) is 19.5 Å². The maximum Gasteiger partial charge on any atom is 0.328 e. The van der Waals surface area contributed by atoms with Crippen LogP contribution in [0.25, 0.3) is 0 Å². The van der Waals surface area contributed by atoms with E-state index < -0.39 is 34.0 Å². The van der Waals surface area contributed by atoms with E-state index in [0.29, 0.717) is 12.3 Å². The Morgan fingerprint density at radius 2 is 1.96 bits per heavy atom. The Morgan fingerprint density at radius 1 is 1.30 bits per heavy atom. The molecule has 2 atom stereocenters. The SMILES string of the molecule is COC(=O)C(Cc1ccc(OC)cc1)NC(=O)C1CNCCN1S(C)(=O)=O. The highest BCUT2D eigenvalue weighted by Crippen LogP contribution is 2.14. The summed E-state index contributed by atoms with van der Waals surface area (Å²) in [5.74, 6) is -0.472. The molecule has 1 aromatic rings. The van der Waals surface area contributed by atoms with Gasteiger partial charge in [0, 0.05) is 26.1 Å². The largest absolute Gasteiger partial charge is 0.497 e. The first-order chi connectivity index (χ1) is 12.8. The van der Waals surface area contributed by atoms with Crippen LogP contribution in [0.15, 0.2) is 24.3 Å². The molecule has 1 aromatic carbocycles. The summed E-state index contributed by atoms with van der Waals surface area (Å²) in [6.45, 7) is 0.830. The Bertz CT molecular complexity index is 765. The van der Waals surface area contributed by atoms with Gasteiger partial charge in [0.2, 0.25) is 15.9 Å². The number of piperazine rings is 1. The minimum atomic E-state index is -3.55. The van der Waals surface area contributed by atoms with Crippen LogP contribution in [0.4, 0.5) is 0 Å². The number of benzene rings is 1. The van der Waals surface area contributed by atoms with Crippen molar-refractivity contribution in [1.82, 2.24) is 14.9 Å². The topological polar surface area (TPSA) is 114 Å². The van der Waals surface area contributed by atoms with Crippen LogP contribution in [0.1, 0.15) is 5.56 Å². The molecular formula is C17H25N3O6S. The van der Waals surface area contributed by atoms with Crippen molar-refractivity contribution in [3.05, 3.63) is 29.8 Å². The molecular weight excluding hydrogens is 374 g/mol. The van der Waals surface area contributed by atoms with Crippen LogP contribution in [-0.4, -0.2) is 76.8 Å². The lowest BCUT2D eigenvalue weighted by Crippen LogP contribution is -2.61. The van der Waals surface area contributed by atoms with Crippen molar-refractivity contribution in [2.75, 3.05) is 40.1 Å². The molecule has 1 heterocycles. The molecule has 2 unspecified atom stereocenters. The lowest BCUT2D eigenvalue weighted by molar-refractivity contribution is -0.145. The van der Waals surface area contributed by atoms with Crippen molar-refractivity contribution >= 4 is 21.9 Å². The summed E-state index contributed by atoms with van der Waals surface area (Å²) < 4.78 is 34.9. The number of esters is 1. The first-order valence-electron chi connectivity index (χ1n) is 8.45. The van der Waals surface area contributed by atoms with Gasteiger partial charge >= 0.3 is 5.97 Å². The smallest absolute Gasteiger partial charge is 0.328 e. The molecule has 0 spiro atoms. The first kappa shape index (κ1) is 21.1. The van der Waals surface area contributed by atoms with Gasteiger partial charge in [0.1, 0.15) is 17.8 Å². The fraction of sp³-hybridized carbons (Fsp3) is 0.529. The van der Waals surface area contributed by atoms with Crippen molar-refractivity contribution in [1.29, 1.82) is 0 Å². The van der Waals surface area contributed by atoms with Gasteiger partial charge in [0.05, 0.1) is 20.5 Å². The lowest BCUT2D eigenvalue weighted by atomic mass is 10.0. The Hall–Kier alpha value is -2.17. The zero-order valence-corrected chi connectivity index (χ0v) is 16.4. The summed E-state index contributed by atoms with van der Waals surface area (Å²) in [5.41, 5.74) is 0.799. The predicted octanol–water partition coefficient (Wildman–Crippen LogP) is -0.871. The highest BCUT2D eigenvalue weighted by atomic mass is 32.2. The summed E-state index contributed by atoms with van der Waals surface area (Å²) in [4.78, 5) is 24.8. The fourth-order valence-corrected chi connectivity index (χ4v) is 3.96. The van der Waals surface area contributed by atoms with Crippen molar-refractivity contribution in [3.8, 4) is 5.75 Å². The number of carbonyl (C=O) groups is 2. The third kappa shape index (κ3) is 5.65. The minimum Gasteiger partial charge on any atom is -0.497 e. The molecule has 0 aliphatic carbocycles. The average Bonchev–Trinajstić information content (AvgIpc) is 2.66. The summed E-state index contributed by atoms with van der Waals surface area (Å²) in [5, 5.41) is 5.63. The number of ether oxygens (including phenoxy) is 2. The van der Waals surface area contributed by atoms with Crippen LogP contribution in [0.5, 0.6) is 5.75 Å². The standard InChI is InChI=1S/C17H25N3O6S/c1-25-13-6-4-12(5-7-13)10-14(17(22)26-2)19-16(21)15-11-18-8-9-20(15)27(3,23)24/h4-7,14-15,18H,8-11H2,1-3H3,(H,19,21). The van der Waals surface area contributed by atoms with Gasteiger partial charge in [-0.2, -0.15) is 4.31 Å². The number of hydrogen-bond acceptors (Lipinski definition) is 7. The minimum absolute atomic E-state index is 0.176. The monoisotopic (exact) mass is 399 g/mol. The molecule has 1 aliphatic rings. The zero-order chi connectivity index (χ0) is 20.0. The van der Waals surface area contributed by atoms with Crippen LogP contribution < -0.4 is 15.4 Å². The van der Waals surface area contributed by atoms with Crippen molar-refractivity contribution < 1.29 is 27.5 Å². The summed E-state index contributed by atoms with van der Waals surface area (Å²) in [6, 6.07) is 5.22. The van der Waals surface area contributed by atoms with Gasteiger partial charge in [0.25, 0.3) is 0 Å². The van der Waals surface area contributed by atoms with E-state index in [0.717, 1.165) is 16.1 Å². The maximum atomic E-state index is 12.7. The Labute approximate surface area is 159 Å². The molecule has 1 aliphatic heterocycles. The van der Waals surface area contributed by atoms with E-state index in [1.807, 2.05) is 0 Å². The number of rotatable bonds is 7. The number of nitrogens with one attached hydrogen (secondary N) is 2. The van der Waals surface area contributed by atoms with Gasteiger partial charge in [0.15, 0.2) is 0 Å². The molecule has 10 heteroatoms. The van der Waals surface area contributed by atoms with Gasteiger partial charge in [-0.1, -0.05) is 12.1 Å². The van der Waals surface area contributed by atoms with Crippen LogP contribution in [0.2, 0.25) is 0 Å². The molecule has 0 bridgehead atoms. The van der Waals surface area contributed by atoms with E-state index in [1.165, 1.54) is 7.11 Å². The van der Waals surface area contributed by atoms with E-state index in [4.69, 9.17) is 9.47 Å². The third-order valence-electron chi connectivity index (χ3n) is 4.32. The average molecular weight is 399 g/mol. The summed E-state index contributed by atoms with van der Waals surface area (Å²) >= 11 is 0. The number of hydrogen-bond donors (Lipinski definition) is 2. The fourth-order valence-electron chi connectivity index (χ4n) is 2.91. The molecule has 9 nitrogen and oxygen atoms in total. The molecule has 2 rings (SSSR count). The highest BCUT2D eigenvalue weighted by molar-refractivity contribution is 7.88. The molecule has 27 heavy (non-hydrogen) atoms. The van der Waals surface area contributed by atoms with Gasteiger partial charge in [-0.05, 0) is 17.7 Å². The van der Waals surface area contributed by atoms with E-state index >= 15 is 0 Å². The quantitative estimate of drug-likeness (QED) is 0.573. The number of methoxy groups -OCH3 is 2. The van der Waals surface area contributed by atoms with E-state index in [2.05, 4.69) is 10.6 Å². The number of sulfonamides is 1. The molecule has 2 N–H and O–H groups in total. The second-order valence-electron chi connectivity index (χ2n) is 6.23. The first-order valence-corrected chi connectivity index (χ1v) is 10.3. The number of amides is 1. The lowest BCUT2D eigenvalue weighted by Gasteiger charge is -2.33. The molecule has 0 saturated carbocycles.